The fourth-order valence-electron chi connectivity index (χ4n) is 2.53. The first-order valence-electron chi connectivity index (χ1n) is 6.39. The molecule has 2 rings (SSSR count). The number of aryl methyl sites for hydroxylation is 2. The first-order chi connectivity index (χ1) is 8.08. The molecule has 17 heavy (non-hydrogen) atoms. The summed E-state index contributed by atoms with van der Waals surface area (Å²) >= 11 is 3.84. The third kappa shape index (κ3) is 3.11. The molecule has 1 aliphatic rings. The van der Waals surface area contributed by atoms with E-state index in [0.717, 1.165) is 13.0 Å². The Bertz CT molecular complexity index is 389. The molecule has 3 unspecified atom stereocenters. The van der Waals surface area contributed by atoms with E-state index in [0.29, 0.717) is 16.8 Å². The van der Waals surface area contributed by atoms with Crippen molar-refractivity contribution < 1.29 is 4.74 Å². The summed E-state index contributed by atoms with van der Waals surface area (Å²) in [6, 6.07) is 6.78. The number of hydrogen-bond acceptors (Lipinski definition) is 1. The molecule has 0 spiro atoms. The fraction of sp³-hybridized carbons (Fsp3) is 0.600. The number of alkyl halides is 1. The maximum atomic E-state index is 5.64. The van der Waals surface area contributed by atoms with Crippen molar-refractivity contribution in [2.75, 3.05) is 6.61 Å². The highest BCUT2D eigenvalue weighted by Gasteiger charge is 2.30. The Morgan fingerprint density at radius 2 is 2.12 bits per heavy atom. The zero-order valence-corrected chi connectivity index (χ0v) is 12.5. The topological polar surface area (TPSA) is 9.23 Å². The summed E-state index contributed by atoms with van der Waals surface area (Å²) in [6.45, 7) is 7.45. The van der Waals surface area contributed by atoms with E-state index in [2.05, 4.69) is 54.9 Å². The predicted octanol–water partition coefficient (Wildman–Crippen LogP) is 4.03. The molecule has 0 bridgehead atoms. The quantitative estimate of drug-likeness (QED) is 0.765. The number of hydrogen-bond donors (Lipinski definition) is 0. The molecule has 1 aromatic rings. The van der Waals surface area contributed by atoms with Crippen molar-refractivity contribution in [1.82, 2.24) is 0 Å². The zero-order chi connectivity index (χ0) is 12.4. The summed E-state index contributed by atoms with van der Waals surface area (Å²) in [4.78, 5) is 0.530. The molecule has 1 nitrogen and oxygen atoms in total. The fourth-order valence-corrected chi connectivity index (χ4v) is 3.60. The second kappa shape index (κ2) is 5.53. The molecular weight excluding hydrogens is 276 g/mol. The van der Waals surface area contributed by atoms with Gasteiger partial charge in [0, 0.05) is 11.4 Å². The molecule has 1 saturated heterocycles. The van der Waals surface area contributed by atoms with Gasteiger partial charge in [0.25, 0.3) is 0 Å². The van der Waals surface area contributed by atoms with Gasteiger partial charge in [-0.15, -0.1) is 0 Å². The normalized spacial score (nSPS) is 26.1. The van der Waals surface area contributed by atoms with E-state index < -0.39 is 0 Å². The summed E-state index contributed by atoms with van der Waals surface area (Å²) in [7, 11) is 0. The third-order valence-electron chi connectivity index (χ3n) is 3.90. The van der Waals surface area contributed by atoms with Crippen LogP contribution < -0.4 is 0 Å². The van der Waals surface area contributed by atoms with Gasteiger partial charge in [0.2, 0.25) is 0 Å². The lowest BCUT2D eigenvalue weighted by atomic mass is 9.93. The molecule has 1 fully saturated rings. The third-order valence-corrected chi connectivity index (χ3v) is 4.90. The zero-order valence-electron chi connectivity index (χ0n) is 10.9. The molecule has 0 saturated carbocycles. The highest BCUT2D eigenvalue weighted by atomic mass is 79.9. The van der Waals surface area contributed by atoms with Crippen LogP contribution in [0.25, 0.3) is 0 Å². The van der Waals surface area contributed by atoms with Crippen LogP contribution in [0.15, 0.2) is 18.2 Å². The number of benzene rings is 1. The SMILES string of the molecule is Cc1ccc(CC(Br)C2CCOC2C)cc1C. The van der Waals surface area contributed by atoms with Gasteiger partial charge in [-0.25, -0.2) is 0 Å². The van der Waals surface area contributed by atoms with E-state index in [9.17, 15) is 0 Å². The number of rotatable bonds is 3. The van der Waals surface area contributed by atoms with Crippen LogP contribution in [0.2, 0.25) is 0 Å². The molecule has 1 aliphatic heterocycles. The lowest BCUT2D eigenvalue weighted by Crippen LogP contribution is -2.23. The number of ether oxygens (including phenoxy) is 1. The maximum Gasteiger partial charge on any atom is 0.0586 e. The van der Waals surface area contributed by atoms with Crippen molar-refractivity contribution in [3.63, 3.8) is 0 Å². The summed E-state index contributed by atoms with van der Waals surface area (Å²) in [5, 5.41) is 0. The Kier molecular flexibility index (Phi) is 4.26. The largest absolute Gasteiger partial charge is 0.378 e. The Hall–Kier alpha value is -0.340. The van der Waals surface area contributed by atoms with Crippen LogP contribution in [-0.4, -0.2) is 17.5 Å². The lowest BCUT2D eigenvalue weighted by Gasteiger charge is -2.20. The Labute approximate surface area is 113 Å². The second-order valence-corrected chi connectivity index (χ2v) is 6.34. The van der Waals surface area contributed by atoms with E-state index in [1.807, 2.05) is 0 Å². The van der Waals surface area contributed by atoms with Crippen molar-refractivity contribution in [2.45, 2.75) is 44.5 Å². The minimum atomic E-state index is 0.394. The molecule has 0 N–H and O–H groups in total. The van der Waals surface area contributed by atoms with E-state index in [1.165, 1.54) is 23.1 Å². The summed E-state index contributed by atoms with van der Waals surface area (Å²) in [5.74, 6) is 0.650. The first kappa shape index (κ1) is 13.1. The molecule has 94 valence electrons. The molecule has 2 heteroatoms. The highest BCUT2D eigenvalue weighted by molar-refractivity contribution is 9.09. The Morgan fingerprint density at radius 1 is 1.35 bits per heavy atom. The summed E-state index contributed by atoms with van der Waals surface area (Å²) in [6.07, 6.45) is 2.67. The van der Waals surface area contributed by atoms with E-state index in [-0.39, 0.29) is 0 Å². The van der Waals surface area contributed by atoms with Crippen molar-refractivity contribution >= 4 is 15.9 Å². The van der Waals surface area contributed by atoms with Gasteiger partial charge in [-0.3, -0.25) is 0 Å². The molecule has 3 atom stereocenters. The minimum Gasteiger partial charge on any atom is -0.378 e. The van der Waals surface area contributed by atoms with E-state index >= 15 is 0 Å². The summed E-state index contributed by atoms with van der Waals surface area (Å²) < 4.78 is 5.64. The lowest BCUT2D eigenvalue weighted by molar-refractivity contribution is 0.105. The van der Waals surface area contributed by atoms with Gasteiger partial charge < -0.3 is 4.74 Å². The average molecular weight is 297 g/mol. The smallest absolute Gasteiger partial charge is 0.0586 e. The van der Waals surface area contributed by atoms with Gasteiger partial charge in [-0.05, 0) is 56.2 Å². The van der Waals surface area contributed by atoms with Crippen LogP contribution in [0.3, 0.4) is 0 Å². The van der Waals surface area contributed by atoms with Crippen LogP contribution in [0.4, 0.5) is 0 Å². The molecule has 1 heterocycles. The van der Waals surface area contributed by atoms with Gasteiger partial charge in [0.05, 0.1) is 6.10 Å². The van der Waals surface area contributed by atoms with Crippen molar-refractivity contribution in [2.24, 2.45) is 5.92 Å². The minimum absolute atomic E-state index is 0.394. The summed E-state index contributed by atoms with van der Waals surface area (Å²) in [5.41, 5.74) is 4.18. The molecule has 1 aromatic carbocycles. The standard InChI is InChI=1S/C15H21BrO/c1-10-4-5-13(8-11(10)2)9-15(16)14-6-7-17-12(14)3/h4-5,8,12,14-15H,6-7,9H2,1-3H3. The first-order valence-corrected chi connectivity index (χ1v) is 7.31. The molecular formula is C15H21BrO. The van der Waals surface area contributed by atoms with Crippen molar-refractivity contribution in [3.8, 4) is 0 Å². The maximum absolute atomic E-state index is 5.64. The average Bonchev–Trinajstić information content (AvgIpc) is 2.70. The molecule has 0 amide bonds. The van der Waals surface area contributed by atoms with Crippen LogP contribution >= 0.6 is 15.9 Å². The van der Waals surface area contributed by atoms with Gasteiger partial charge in [0.15, 0.2) is 0 Å². The van der Waals surface area contributed by atoms with Gasteiger partial charge in [-0.1, -0.05) is 34.1 Å². The van der Waals surface area contributed by atoms with Gasteiger partial charge >= 0.3 is 0 Å². The predicted molar refractivity (Wildman–Crippen MR) is 75.9 cm³/mol. The van der Waals surface area contributed by atoms with Gasteiger partial charge in [0.1, 0.15) is 0 Å². The Morgan fingerprint density at radius 3 is 2.71 bits per heavy atom. The second-order valence-electron chi connectivity index (χ2n) is 5.17. The van der Waals surface area contributed by atoms with Crippen LogP contribution in [-0.2, 0) is 11.2 Å². The van der Waals surface area contributed by atoms with E-state index in [1.54, 1.807) is 0 Å². The van der Waals surface area contributed by atoms with E-state index in [4.69, 9.17) is 4.74 Å². The molecule has 0 radical (unpaired) electrons. The monoisotopic (exact) mass is 296 g/mol. The van der Waals surface area contributed by atoms with Crippen LogP contribution in [0.5, 0.6) is 0 Å². The molecule has 0 aromatic heterocycles. The molecule has 0 aliphatic carbocycles. The highest BCUT2D eigenvalue weighted by Crippen LogP contribution is 2.30. The Balaban J connectivity index is 2.02. The van der Waals surface area contributed by atoms with Crippen LogP contribution in [0, 0.1) is 19.8 Å². The van der Waals surface area contributed by atoms with Gasteiger partial charge in [-0.2, -0.15) is 0 Å². The van der Waals surface area contributed by atoms with Crippen LogP contribution in [0.1, 0.15) is 30.0 Å². The van der Waals surface area contributed by atoms with Crippen molar-refractivity contribution in [1.29, 1.82) is 0 Å². The number of halogens is 1. The van der Waals surface area contributed by atoms with Crippen molar-refractivity contribution in [3.05, 3.63) is 34.9 Å².